The SMILES string of the molecule is O=C(/C=C/C(=O)OCc1ccc2c(c1)OCCOCCOCCOCCOCCO2)OCc1ccc2c(c1)OCCOCCOCCOCCOCCO2. The number of rotatable bonds is 6. The van der Waals surface area contributed by atoms with Crippen LogP contribution in [0.1, 0.15) is 11.1 Å². The summed E-state index contributed by atoms with van der Waals surface area (Å²) in [7, 11) is 0. The summed E-state index contributed by atoms with van der Waals surface area (Å²) in [5.41, 5.74) is 1.31. The van der Waals surface area contributed by atoms with Crippen molar-refractivity contribution in [3.05, 3.63) is 59.7 Å². The molecule has 4 rings (SSSR count). The monoisotopic (exact) mass is 764 g/mol. The fraction of sp³-hybridized carbons (Fsp3) is 0.579. The number of hydrogen-bond donors (Lipinski definition) is 0. The van der Waals surface area contributed by atoms with E-state index in [2.05, 4.69) is 0 Å². The Morgan fingerprint density at radius 1 is 0.389 bits per heavy atom. The minimum absolute atomic E-state index is 0.0671. The molecule has 2 aromatic rings. The molecular formula is C38H52O16. The molecule has 0 bridgehead atoms. The van der Waals surface area contributed by atoms with Gasteiger partial charge in [-0.1, -0.05) is 12.1 Å². The largest absolute Gasteiger partial charge is 0.487 e. The third kappa shape index (κ3) is 18.9. The first-order valence-corrected chi connectivity index (χ1v) is 18.1. The van der Waals surface area contributed by atoms with Crippen molar-refractivity contribution >= 4 is 11.9 Å². The van der Waals surface area contributed by atoms with Gasteiger partial charge in [0.1, 0.15) is 39.6 Å². The summed E-state index contributed by atoms with van der Waals surface area (Å²) in [5, 5.41) is 0. The molecule has 0 saturated carbocycles. The van der Waals surface area contributed by atoms with Gasteiger partial charge < -0.3 is 66.3 Å². The van der Waals surface area contributed by atoms with Gasteiger partial charge in [-0.15, -0.1) is 0 Å². The average molecular weight is 765 g/mol. The molecule has 2 heterocycles. The van der Waals surface area contributed by atoms with Crippen LogP contribution in [0.4, 0.5) is 0 Å². The summed E-state index contributed by atoms with van der Waals surface area (Å²) in [4.78, 5) is 24.9. The second kappa shape index (κ2) is 27.6. The molecule has 0 aliphatic carbocycles. The average Bonchev–Trinajstić information content (AvgIpc) is 3.18. The van der Waals surface area contributed by atoms with Crippen LogP contribution in [0.5, 0.6) is 23.0 Å². The van der Waals surface area contributed by atoms with Crippen molar-refractivity contribution in [2.75, 3.05) is 132 Å². The molecular weight excluding hydrogens is 712 g/mol. The lowest BCUT2D eigenvalue weighted by Gasteiger charge is -2.15. The van der Waals surface area contributed by atoms with E-state index in [9.17, 15) is 9.59 Å². The molecule has 2 aliphatic rings. The van der Waals surface area contributed by atoms with Gasteiger partial charge in [0.05, 0.1) is 106 Å². The van der Waals surface area contributed by atoms with Crippen molar-refractivity contribution in [1.29, 1.82) is 0 Å². The Morgan fingerprint density at radius 3 is 0.944 bits per heavy atom. The van der Waals surface area contributed by atoms with Crippen LogP contribution in [0, 0.1) is 0 Å². The van der Waals surface area contributed by atoms with Gasteiger partial charge in [0, 0.05) is 12.2 Å². The van der Waals surface area contributed by atoms with Crippen LogP contribution < -0.4 is 18.9 Å². The van der Waals surface area contributed by atoms with E-state index in [0.29, 0.717) is 153 Å². The van der Waals surface area contributed by atoms with Crippen LogP contribution in [0.25, 0.3) is 0 Å². The second-order valence-electron chi connectivity index (χ2n) is 11.4. The minimum atomic E-state index is -0.723. The Bertz CT molecular complexity index is 1270. The van der Waals surface area contributed by atoms with Crippen molar-refractivity contribution in [3.8, 4) is 23.0 Å². The first-order chi connectivity index (χ1) is 26.7. The molecule has 0 aromatic heterocycles. The van der Waals surface area contributed by atoms with Crippen LogP contribution in [-0.4, -0.2) is 144 Å². The van der Waals surface area contributed by atoms with E-state index in [4.69, 9.17) is 66.3 Å². The Kier molecular flexibility index (Phi) is 21.8. The van der Waals surface area contributed by atoms with Crippen LogP contribution in [0.2, 0.25) is 0 Å². The molecule has 16 heteroatoms. The molecule has 0 saturated heterocycles. The standard InChI is InChI=1S/C38H52O16/c39-37(53-29-31-1-3-33-35(27-31)51-25-21-47-17-13-43-9-7-41-11-15-45-19-23-49-33)5-6-38(40)54-30-32-2-4-34-36(28-32)52-26-22-48-18-14-44-10-8-42-12-16-46-20-24-50-34/h1-6,27-28H,7-26,29-30H2/b6-5+. The van der Waals surface area contributed by atoms with Gasteiger partial charge in [0.25, 0.3) is 0 Å². The zero-order chi connectivity index (χ0) is 37.7. The van der Waals surface area contributed by atoms with E-state index in [1.807, 2.05) is 0 Å². The van der Waals surface area contributed by atoms with Crippen LogP contribution in [-0.2, 0) is 70.2 Å². The number of carbonyl (C=O) groups is 2. The predicted octanol–water partition coefficient (Wildman–Crippen LogP) is 2.70. The molecule has 0 fully saturated rings. The number of esters is 2. The summed E-state index contributed by atoms with van der Waals surface area (Å²) in [6.45, 7) is 7.92. The maximum atomic E-state index is 12.4. The molecule has 0 radical (unpaired) electrons. The zero-order valence-corrected chi connectivity index (χ0v) is 30.7. The van der Waals surface area contributed by atoms with Crippen molar-refractivity contribution < 1.29 is 75.9 Å². The molecule has 0 N–H and O–H groups in total. The number of fused-ring (bicyclic) bond motifs is 2. The van der Waals surface area contributed by atoms with Gasteiger partial charge in [-0.2, -0.15) is 0 Å². The molecule has 2 aliphatic heterocycles. The summed E-state index contributed by atoms with van der Waals surface area (Å²) >= 11 is 0. The van der Waals surface area contributed by atoms with E-state index in [0.717, 1.165) is 12.2 Å². The molecule has 0 unspecified atom stereocenters. The maximum Gasteiger partial charge on any atom is 0.331 e. The molecule has 0 spiro atoms. The maximum absolute atomic E-state index is 12.4. The number of carbonyl (C=O) groups excluding carboxylic acids is 2. The molecule has 0 atom stereocenters. The quantitative estimate of drug-likeness (QED) is 0.311. The Balaban J connectivity index is 1.23. The molecule has 2 aromatic carbocycles. The fourth-order valence-corrected chi connectivity index (χ4v) is 4.66. The summed E-state index contributed by atoms with van der Waals surface area (Å²) in [6.07, 6.45) is 2.02. The smallest absolute Gasteiger partial charge is 0.331 e. The third-order valence-electron chi connectivity index (χ3n) is 7.31. The lowest BCUT2D eigenvalue weighted by molar-refractivity contribution is -0.141. The molecule has 16 nitrogen and oxygen atoms in total. The van der Waals surface area contributed by atoms with Crippen molar-refractivity contribution in [1.82, 2.24) is 0 Å². The van der Waals surface area contributed by atoms with Gasteiger partial charge in [-0.05, 0) is 35.4 Å². The lowest BCUT2D eigenvalue weighted by atomic mass is 10.2. The highest BCUT2D eigenvalue weighted by Crippen LogP contribution is 2.30. The molecule has 300 valence electrons. The Labute approximate surface area is 315 Å². The highest BCUT2D eigenvalue weighted by molar-refractivity contribution is 5.91. The molecule has 54 heavy (non-hydrogen) atoms. The third-order valence-corrected chi connectivity index (χ3v) is 7.31. The highest BCUT2D eigenvalue weighted by atomic mass is 16.6. The van der Waals surface area contributed by atoms with E-state index in [1.165, 1.54) is 0 Å². The van der Waals surface area contributed by atoms with Crippen LogP contribution in [0.3, 0.4) is 0 Å². The van der Waals surface area contributed by atoms with Crippen molar-refractivity contribution in [3.63, 3.8) is 0 Å². The highest BCUT2D eigenvalue weighted by Gasteiger charge is 2.12. The zero-order valence-electron chi connectivity index (χ0n) is 30.7. The van der Waals surface area contributed by atoms with E-state index < -0.39 is 11.9 Å². The van der Waals surface area contributed by atoms with Gasteiger partial charge in [0.15, 0.2) is 23.0 Å². The van der Waals surface area contributed by atoms with Crippen molar-refractivity contribution in [2.45, 2.75) is 13.2 Å². The predicted molar refractivity (Wildman–Crippen MR) is 190 cm³/mol. The number of hydrogen-bond acceptors (Lipinski definition) is 16. The Hall–Kier alpha value is -4.00. The summed E-state index contributed by atoms with van der Waals surface area (Å²) in [6, 6.07) is 10.4. The van der Waals surface area contributed by atoms with Gasteiger partial charge >= 0.3 is 11.9 Å². The number of benzene rings is 2. The number of ether oxygens (including phenoxy) is 14. The van der Waals surface area contributed by atoms with Crippen LogP contribution in [0.15, 0.2) is 48.6 Å². The fourth-order valence-electron chi connectivity index (χ4n) is 4.66. The van der Waals surface area contributed by atoms with Gasteiger partial charge in [0.2, 0.25) is 0 Å². The topological polar surface area (TPSA) is 163 Å². The minimum Gasteiger partial charge on any atom is -0.487 e. The van der Waals surface area contributed by atoms with Gasteiger partial charge in [-0.3, -0.25) is 0 Å². The first kappa shape index (κ1) is 42.7. The van der Waals surface area contributed by atoms with Crippen molar-refractivity contribution in [2.24, 2.45) is 0 Å². The van der Waals surface area contributed by atoms with E-state index in [-0.39, 0.29) is 26.4 Å². The second-order valence-corrected chi connectivity index (χ2v) is 11.4. The summed E-state index contributed by atoms with van der Waals surface area (Å²) in [5.74, 6) is 0.498. The lowest BCUT2D eigenvalue weighted by Crippen LogP contribution is -2.16. The van der Waals surface area contributed by atoms with E-state index >= 15 is 0 Å². The normalized spacial score (nSPS) is 18.6. The summed E-state index contributed by atoms with van der Waals surface area (Å²) < 4.78 is 78.3. The first-order valence-electron chi connectivity index (χ1n) is 18.1. The van der Waals surface area contributed by atoms with Gasteiger partial charge in [-0.25, -0.2) is 9.59 Å². The van der Waals surface area contributed by atoms with E-state index in [1.54, 1.807) is 36.4 Å². The van der Waals surface area contributed by atoms with Crippen LogP contribution >= 0.6 is 0 Å². The Morgan fingerprint density at radius 2 is 0.648 bits per heavy atom. The molecule has 0 amide bonds.